The number of carboxylic acid groups (broad SMARTS) is 1. The molecule has 2 aliphatic heterocycles. The summed E-state index contributed by atoms with van der Waals surface area (Å²) >= 11 is 2.18. The van der Waals surface area contributed by atoms with Gasteiger partial charge in [-0.3, -0.25) is 9.59 Å². The first-order valence-corrected chi connectivity index (χ1v) is 7.59. The van der Waals surface area contributed by atoms with Gasteiger partial charge >= 0.3 is 5.97 Å². The van der Waals surface area contributed by atoms with Gasteiger partial charge in [0, 0.05) is 9.26 Å². The first-order valence-electron chi connectivity index (χ1n) is 6.51. The minimum atomic E-state index is -0.944. The highest BCUT2D eigenvalue weighted by Crippen LogP contribution is 2.44. The van der Waals surface area contributed by atoms with Gasteiger partial charge in [-0.1, -0.05) is 0 Å². The number of amides is 1. The second-order valence-electron chi connectivity index (χ2n) is 5.18. The van der Waals surface area contributed by atoms with Gasteiger partial charge in [0.25, 0.3) is 0 Å². The summed E-state index contributed by atoms with van der Waals surface area (Å²) in [5.74, 6) is -2.52. The van der Waals surface area contributed by atoms with Crippen LogP contribution in [0, 0.1) is 15.4 Å². The number of hydrogen-bond donors (Lipinski definition) is 2. The summed E-state index contributed by atoms with van der Waals surface area (Å²) in [6.07, 6.45) is 0.920. The molecule has 20 heavy (non-hydrogen) atoms. The smallest absolute Gasteiger partial charge is 0.310 e. The van der Waals surface area contributed by atoms with Gasteiger partial charge in [-0.05, 0) is 59.7 Å². The average molecular weight is 387 g/mol. The largest absolute Gasteiger partial charge is 0.481 e. The van der Waals surface area contributed by atoms with E-state index in [0.717, 1.165) is 16.4 Å². The Morgan fingerprint density at radius 1 is 1.15 bits per heavy atom. The number of anilines is 1. The summed E-state index contributed by atoms with van der Waals surface area (Å²) in [6.45, 7) is 0. The molecule has 0 spiro atoms. The van der Waals surface area contributed by atoms with Crippen molar-refractivity contribution in [3.63, 3.8) is 0 Å². The molecule has 5 nitrogen and oxygen atoms in total. The lowest BCUT2D eigenvalue weighted by molar-refractivity contribution is -0.147. The summed E-state index contributed by atoms with van der Waals surface area (Å²) in [4.78, 5) is 23.7. The fraction of sp³-hybridized carbons (Fsp3) is 0.429. The van der Waals surface area contributed by atoms with E-state index in [9.17, 15) is 14.7 Å². The van der Waals surface area contributed by atoms with Crippen LogP contribution in [0.25, 0.3) is 0 Å². The third-order valence-corrected chi connectivity index (χ3v) is 4.69. The molecule has 6 heteroatoms. The van der Waals surface area contributed by atoms with Gasteiger partial charge in [0.2, 0.25) is 5.91 Å². The maximum absolute atomic E-state index is 12.3. The van der Waals surface area contributed by atoms with Crippen molar-refractivity contribution in [3.8, 4) is 0 Å². The molecular weight excluding hydrogens is 373 g/mol. The Kier molecular flexibility index (Phi) is 3.68. The van der Waals surface area contributed by atoms with E-state index >= 15 is 0 Å². The number of benzene rings is 1. The maximum atomic E-state index is 12.3. The fourth-order valence-electron chi connectivity index (χ4n) is 3.08. The molecule has 0 radical (unpaired) electrons. The number of aliphatic carboxylic acids is 1. The summed E-state index contributed by atoms with van der Waals surface area (Å²) < 4.78 is 6.67. The molecule has 2 heterocycles. The van der Waals surface area contributed by atoms with Crippen LogP contribution < -0.4 is 5.32 Å². The standard InChI is InChI=1S/C14H14INO4/c15-7-1-3-8(4-2-7)16-13(17)11-9-5-6-10(20-9)12(11)14(18)19/h1-4,9-12H,5-6H2,(H,16,17)(H,18,19)/t9-,10-,11+,12+/m1/s1. The van der Waals surface area contributed by atoms with E-state index < -0.39 is 17.8 Å². The fourth-order valence-corrected chi connectivity index (χ4v) is 3.44. The van der Waals surface area contributed by atoms with Crippen LogP contribution in [0.2, 0.25) is 0 Å². The number of halogens is 1. The number of carboxylic acids is 1. The second kappa shape index (κ2) is 5.33. The van der Waals surface area contributed by atoms with E-state index in [1.807, 2.05) is 24.3 Å². The molecule has 1 aromatic carbocycles. The van der Waals surface area contributed by atoms with Crippen LogP contribution in [0.4, 0.5) is 5.69 Å². The molecule has 0 aromatic heterocycles. The van der Waals surface area contributed by atoms with Gasteiger partial charge < -0.3 is 15.2 Å². The molecule has 2 saturated heterocycles. The van der Waals surface area contributed by atoms with Crippen molar-refractivity contribution in [2.45, 2.75) is 25.0 Å². The summed E-state index contributed by atoms with van der Waals surface area (Å²) in [6, 6.07) is 7.40. The first kappa shape index (κ1) is 13.8. The number of nitrogens with one attached hydrogen (secondary N) is 1. The van der Waals surface area contributed by atoms with E-state index in [1.165, 1.54) is 0 Å². The van der Waals surface area contributed by atoms with Gasteiger partial charge in [-0.25, -0.2) is 0 Å². The summed E-state index contributed by atoms with van der Waals surface area (Å²) in [5.41, 5.74) is 0.683. The SMILES string of the molecule is O=C(O)[C@@H]1[C@@H](C(=O)Nc2ccc(I)cc2)[C@H]2CC[C@H]1O2. The Hall–Kier alpha value is -1.15. The highest BCUT2D eigenvalue weighted by molar-refractivity contribution is 14.1. The van der Waals surface area contributed by atoms with Crippen LogP contribution >= 0.6 is 22.6 Å². The molecule has 106 valence electrons. The van der Waals surface area contributed by atoms with E-state index in [4.69, 9.17) is 4.74 Å². The van der Waals surface area contributed by atoms with E-state index in [0.29, 0.717) is 5.69 Å². The summed E-state index contributed by atoms with van der Waals surface area (Å²) in [7, 11) is 0. The predicted octanol–water partition coefficient (Wildman–Crippen LogP) is 2.11. The minimum absolute atomic E-state index is 0.259. The molecule has 1 amide bonds. The number of hydrogen-bond acceptors (Lipinski definition) is 3. The molecule has 3 rings (SSSR count). The quantitative estimate of drug-likeness (QED) is 0.780. The molecule has 0 aliphatic carbocycles. The van der Waals surface area contributed by atoms with Crippen LogP contribution in [0.5, 0.6) is 0 Å². The molecule has 2 bridgehead atoms. The second-order valence-corrected chi connectivity index (χ2v) is 6.42. The van der Waals surface area contributed by atoms with Crippen LogP contribution in [-0.4, -0.2) is 29.2 Å². The zero-order valence-electron chi connectivity index (χ0n) is 10.6. The lowest BCUT2D eigenvalue weighted by Gasteiger charge is -2.23. The van der Waals surface area contributed by atoms with Crippen LogP contribution in [0.1, 0.15) is 12.8 Å². The van der Waals surface area contributed by atoms with Gasteiger partial charge in [-0.15, -0.1) is 0 Å². The van der Waals surface area contributed by atoms with Crippen LogP contribution in [-0.2, 0) is 14.3 Å². The molecule has 2 aliphatic rings. The van der Waals surface area contributed by atoms with Crippen LogP contribution in [0.3, 0.4) is 0 Å². The van der Waals surface area contributed by atoms with Crippen molar-refractivity contribution in [2.24, 2.45) is 11.8 Å². The number of rotatable bonds is 3. The van der Waals surface area contributed by atoms with Crippen molar-refractivity contribution >= 4 is 40.2 Å². The minimum Gasteiger partial charge on any atom is -0.481 e. The molecule has 2 N–H and O–H groups in total. The summed E-state index contributed by atoms with van der Waals surface area (Å²) in [5, 5.41) is 12.1. The highest BCUT2D eigenvalue weighted by atomic mass is 127. The Labute approximate surface area is 129 Å². The molecule has 2 fully saturated rings. The zero-order chi connectivity index (χ0) is 14.3. The topological polar surface area (TPSA) is 75.6 Å². The number of ether oxygens (including phenoxy) is 1. The Morgan fingerprint density at radius 3 is 2.35 bits per heavy atom. The number of carbonyl (C=O) groups is 2. The van der Waals surface area contributed by atoms with Gasteiger partial charge in [-0.2, -0.15) is 0 Å². The molecule has 1 aromatic rings. The van der Waals surface area contributed by atoms with E-state index in [-0.39, 0.29) is 18.1 Å². The molecule has 0 unspecified atom stereocenters. The zero-order valence-corrected chi connectivity index (χ0v) is 12.7. The van der Waals surface area contributed by atoms with E-state index in [1.54, 1.807) is 0 Å². The lowest BCUT2D eigenvalue weighted by atomic mass is 9.78. The molecular formula is C14H14INO4. The number of fused-ring (bicyclic) bond motifs is 2. The molecule has 0 saturated carbocycles. The van der Waals surface area contributed by atoms with Gasteiger partial charge in [0.1, 0.15) is 0 Å². The van der Waals surface area contributed by atoms with Gasteiger partial charge in [0.15, 0.2) is 0 Å². The van der Waals surface area contributed by atoms with Crippen molar-refractivity contribution in [1.29, 1.82) is 0 Å². The van der Waals surface area contributed by atoms with Crippen molar-refractivity contribution in [2.75, 3.05) is 5.32 Å². The normalized spacial score (nSPS) is 31.2. The number of carbonyl (C=O) groups excluding carboxylic acids is 1. The van der Waals surface area contributed by atoms with Crippen molar-refractivity contribution in [1.82, 2.24) is 0 Å². The first-order chi connectivity index (χ1) is 9.56. The average Bonchev–Trinajstić information content (AvgIpc) is 3.01. The van der Waals surface area contributed by atoms with E-state index in [2.05, 4.69) is 27.9 Å². The maximum Gasteiger partial charge on any atom is 0.310 e. The van der Waals surface area contributed by atoms with Crippen molar-refractivity contribution < 1.29 is 19.4 Å². The highest BCUT2D eigenvalue weighted by Gasteiger charge is 2.55. The Morgan fingerprint density at radius 2 is 1.75 bits per heavy atom. The molecule has 4 atom stereocenters. The third-order valence-electron chi connectivity index (χ3n) is 3.97. The predicted molar refractivity (Wildman–Crippen MR) is 80.3 cm³/mol. The van der Waals surface area contributed by atoms with Crippen LogP contribution in [0.15, 0.2) is 24.3 Å². The van der Waals surface area contributed by atoms with Crippen molar-refractivity contribution in [3.05, 3.63) is 27.8 Å². The monoisotopic (exact) mass is 387 g/mol. The van der Waals surface area contributed by atoms with Gasteiger partial charge in [0.05, 0.1) is 24.0 Å². The third kappa shape index (κ3) is 2.42. The Balaban J connectivity index is 1.76. The Bertz CT molecular complexity index is 545. The lowest BCUT2D eigenvalue weighted by Crippen LogP contribution is -2.40.